The molecule has 0 unspecified atom stereocenters. The molecule has 0 aromatic heterocycles. The maximum absolute atomic E-state index is 11.8. The zero-order valence-corrected chi connectivity index (χ0v) is 14.3. The average Bonchev–Trinajstić information content (AvgIpc) is 2.52. The lowest BCUT2D eigenvalue weighted by molar-refractivity contribution is -0.139. The van der Waals surface area contributed by atoms with Crippen LogP contribution in [0.4, 0.5) is 4.79 Å². The molecule has 0 bridgehead atoms. The summed E-state index contributed by atoms with van der Waals surface area (Å²) in [5.74, 6) is -1.21. The van der Waals surface area contributed by atoms with E-state index in [-0.39, 0.29) is 12.1 Å². The molecule has 0 aromatic carbocycles. The highest BCUT2D eigenvalue weighted by atomic mass is 16.6. The van der Waals surface area contributed by atoms with Crippen LogP contribution < -0.4 is 10.6 Å². The topological polar surface area (TPSA) is 91.0 Å². The number of carbonyl (C=O) groups excluding carboxylic acids is 3. The summed E-state index contributed by atoms with van der Waals surface area (Å²) < 4.78 is 4.94. The van der Waals surface area contributed by atoms with Gasteiger partial charge in [0.25, 0.3) is 0 Å². The van der Waals surface area contributed by atoms with Gasteiger partial charge in [-0.2, -0.15) is 0 Å². The van der Waals surface area contributed by atoms with Crippen LogP contribution in [0.25, 0.3) is 0 Å². The second-order valence-corrected chi connectivity index (χ2v) is 5.85. The van der Waals surface area contributed by atoms with Gasteiger partial charge in [-0.25, -0.2) is 4.79 Å². The lowest BCUT2D eigenvalue weighted by Crippen LogP contribution is -2.50. The van der Waals surface area contributed by atoms with Gasteiger partial charge in [-0.15, -0.1) is 0 Å². The Balaban J connectivity index is 2.22. The van der Waals surface area contributed by atoms with Crippen molar-refractivity contribution in [3.63, 3.8) is 0 Å². The van der Waals surface area contributed by atoms with Gasteiger partial charge in [0.05, 0.1) is 6.61 Å². The Morgan fingerprint density at radius 2 is 1.83 bits per heavy atom. The molecule has 23 heavy (non-hydrogen) atoms. The van der Waals surface area contributed by atoms with Crippen molar-refractivity contribution in [1.82, 2.24) is 20.4 Å². The SMILES string of the molecule is CCOC(=O)N1CCC(NC(=O)C(=O)NCCCN(C)C)CC1. The number of rotatable bonds is 6. The summed E-state index contributed by atoms with van der Waals surface area (Å²) in [7, 11) is 3.91. The Bertz CT molecular complexity index is 406. The molecule has 1 saturated heterocycles. The van der Waals surface area contributed by atoms with Gasteiger partial charge in [0.15, 0.2) is 0 Å². The molecular weight excluding hydrogens is 300 g/mol. The minimum Gasteiger partial charge on any atom is -0.450 e. The van der Waals surface area contributed by atoms with Gasteiger partial charge in [-0.1, -0.05) is 0 Å². The highest BCUT2D eigenvalue weighted by Gasteiger charge is 2.26. The van der Waals surface area contributed by atoms with E-state index >= 15 is 0 Å². The standard InChI is InChI=1S/C15H28N4O4/c1-4-23-15(22)19-10-6-12(7-11-19)17-14(21)13(20)16-8-5-9-18(2)3/h12H,4-11H2,1-3H3,(H,16,20)(H,17,21). The first kappa shape index (κ1) is 19.2. The molecule has 132 valence electrons. The minimum absolute atomic E-state index is 0.0827. The quantitative estimate of drug-likeness (QED) is 0.520. The molecule has 1 rings (SSSR count). The molecule has 8 heteroatoms. The van der Waals surface area contributed by atoms with Crippen molar-refractivity contribution >= 4 is 17.9 Å². The lowest BCUT2D eigenvalue weighted by Gasteiger charge is -2.31. The summed E-state index contributed by atoms with van der Waals surface area (Å²) >= 11 is 0. The van der Waals surface area contributed by atoms with Gasteiger partial charge in [-0.05, 0) is 46.8 Å². The van der Waals surface area contributed by atoms with Crippen LogP contribution in [-0.4, -0.2) is 80.6 Å². The third-order valence-electron chi connectivity index (χ3n) is 3.63. The van der Waals surface area contributed by atoms with Crippen LogP contribution in [0.2, 0.25) is 0 Å². The Morgan fingerprint density at radius 3 is 2.39 bits per heavy atom. The molecule has 0 saturated carbocycles. The molecule has 8 nitrogen and oxygen atoms in total. The summed E-state index contributed by atoms with van der Waals surface area (Å²) in [6.07, 6.45) is 1.72. The number of amides is 3. The summed E-state index contributed by atoms with van der Waals surface area (Å²) in [4.78, 5) is 38.7. The second kappa shape index (κ2) is 10.0. The van der Waals surface area contributed by atoms with Gasteiger partial charge in [0.1, 0.15) is 0 Å². The average molecular weight is 328 g/mol. The molecule has 1 aliphatic heterocycles. The van der Waals surface area contributed by atoms with Gasteiger partial charge >= 0.3 is 17.9 Å². The molecule has 1 fully saturated rings. The Hall–Kier alpha value is -1.83. The van der Waals surface area contributed by atoms with Crippen LogP contribution in [-0.2, 0) is 14.3 Å². The smallest absolute Gasteiger partial charge is 0.409 e. The molecule has 0 radical (unpaired) electrons. The lowest BCUT2D eigenvalue weighted by atomic mass is 10.1. The molecule has 1 aliphatic rings. The third-order valence-corrected chi connectivity index (χ3v) is 3.63. The van der Waals surface area contributed by atoms with Crippen LogP contribution in [0.5, 0.6) is 0 Å². The van der Waals surface area contributed by atoms with Crippen molar-refractivity contribution in [3.05, 3.63) is 0 Å². The number of nitrogens with zero attached hydrogens (tertiary/aromatic N) is 2. The van der Waals surface area contributed by atoms with E-state index in [1.165, 1.54) is 0 Å². The maximum atomic E-state index is 11.8. The number of hydrogen-bond acceptors (Lipinski definition) is 5. The normalized spacial score (nSPS) is 15.4. The Kier molecular flexibility index (Phi) is 8.39. The number of piperidine rings is 1. The molecular formula is C15H28N4O4. The Morgan fingerprint density at radius 1 is 1.17 bits per heavy atom. The summed E-state index contributed by atoms with van der Waals surface area (Å²) in [6, 6.07) is -0.0827. The number of carbonyl (C=O) groups is 3. The molecule has 3 amide bonds. The highest BCUT2D eigenvalue weighted by molar-refractivity contribution is 6.35. The second-order valence-electron chi connectivity index (χ2n) is 5.85. The first-order chi connectivity index (χ1) is 10.9. The van der Waals surface area contributed by atoms with E-state index in [0.717, 1.165) is 13.0 Å². The number of hydrogen-bond donors (Lipinski definition) is 2. The molecule has 0 aliphatic carbocycles. The molecule has 2 N–H and O–H groups in total. The monoisotopic (exact) mass is 328 g/mol. The van der Waals surface area contributed by atoms with Crippen molar-refractivity contribution in [2.24, 2.45) is 0 Å². The van der Waals surface area contributed by atoms with E-state index in [0.29, 0.717) is 39.1 Å². The third kappa shape index (κ3) is 7.32. The number of likely N-dealkylation sites (tertiary alicyclic amines) is 1. The zero-order valence-electron chi connectivity index (χ0n) is 14.3. The first-order valence-electron chi connectivity index (χ1n) is 8.09. The zero-order chi connectivity index (χ0) is 17.2. The molecule has 0 atom stereocenters. The first-order valence-corrected chi connectivity index (χ1v) is 8.09. The number of ether oxygens (including phenoxy) is 1. The van der Waals surface area contributed by atoms with Gasteiger partial charge in [0, 0.05) is 25.7 Å². The van der Waals surface area contributed by atoms with Crippen LogP contribution in [0, 0.1) is 0 Å². The summed E-state index contributed by atoms with van der Waals surface area (Å²) in [6.45, 7) is 4.49. The maximum Gasteiger partial charge on any atom is 0.409 e. The molecule has 0 aromatic rings. The summed E-state index contributed by atoms with van der Waals surface area (Å²) in [5, 5.41) is 5.33. The number of nitrogens with one attached hydrogen (secondary N) is 2. The van der Waals surface area contributed by atoms with E-state index in [1.807, 2.05) is 19.0 Å². The predicted molar refractivity (Wildman–Crippen MR) is 85.9 cm³/mol. The fourth-order valence-electron chi connectivity index (χ4n) is 2.35. The summed E-state index contributed by atoms with van der Waals surface area (Å²) in [5.41, 5.74) is 0. The van der Waals surface area contributed by atoms with Crippen molar-refractivity contribution in [2.75, 3.05) is 46.9 Å². The van der Waals surface area contributed by atoms with Gasteiger partial charge in [0.2, 0.25) is 0 Å². The Labute approximate surface area is 137 Å². The van der Waals surface area contributed by atoms with Crippen LogP contribution in [0.1, 0.15) is 26.2 Å². The molecule has 1 heterocycles. The van der Waals surface area contributed by atoms with Crippen LogP contribution in [0.3, 0.4) is 0 Å². The van der Waals surface area contributed by atoms with E-state index in [9.17, 15) is 14.4 Å². The van der Waals surface area contributed by atoms with E-state index < -0.39 is 11.8 Å². The highest BCUT2D eigenvalue weighted by Crippen LogP contribution is 2.11. The minimum atomic E-state index is -0.607. The van der Waals surface area contributed by atoms with Crippen molar-refractivity contribution in [3.8, 4) is 0 Å². The van der Waals surface area contributed by atoms with Gasteiger partial charge < -0.3 is 25.2 Å². The fourth-order valence-corrected chi connectivity index (χ4v) is 2.35. The largest absolute Gasteiger partial charge is 0.450 e. The van der Waals surface area contributed by atoms with E-state index in [4.69, 9.17) is 4.74 Å². The van der Waals surface area contributed by atoms with Crippen molar-refractivity contribution in [2.45, 2.75) is 32.2 Å². The van der Waals surface area contributed by atoms with Crippen molar-refractivity contribution < 1.29 is 19.1 Å². The van der Waals surface area contributed by atoms with Crippen molar-refractivity contribution in [1.29, 1.82) is 0 Å². The predicted octanol–water partition coefficient (Wildman–Crippen LogP) is -0.209. The van der Waals surface area contributed by atoms with E-state index in [1.54, 1.807) is 11.8 Å². The van der Waals surface area contributed by atoms with Crippen LogP contribution in [0.15, 0.2) is 0 Å². The fraction of sp³-hybridized carbons (Fsp3) is 0.800. The van der Waals surface area contributed by atoms with Gasteiger partial charge in [-0.3, -0.25) is 9.59 Å². The van der Waals surface area contributed by atoms with Crippen LogP contribution >= 0.6 is 0 Å². The molecule has 0 spiro atoms. The van der Waals surface area contributed by atoms with E-state index in [2.05, 4.69) is 10.6 Å².